The van der Waals surface area contributed by atoms with Crippen LogP contribution in [0.15, 0.2) is 24.0 Å². The van der Waals surface area contributed by atoms with Crippen LogP contribution in [-0.4, -0.2) is 28.0 Å². The van der Waals surface area contributed by atoms with Crippen molar-refractivity contribution in [3.8, 4) is 0 Å². The highest BCUT2D eigenvalue weighted by Gasteiger charge is 2.33. The quantitative estimate of drug-likeness (QED) is 0.668. The van der Waals surface area contributed by atoms with E-state index in [1.807, 2.05) is 0 Å². The Balaban J connectivity index is 2.85. The molecule has 0 amide bonds. The average Bonchev–Trinajstić information content (AvgIpc) is 2.21. The first-order chi connectivity index (χ1) is 7.84. The predicted octanol–water partition coefficient (Wildman–Crippen LogP) is 1.16. The number of hydrogen-bond donors (Lipinski definition) is 3. The van der Waals surface area contributed by atoms with Gasteiger partial charge in [0.2, 0.25) is 0 Å². The summed E-state index contributed by atoms with van der Waals surface area (Å²) >= 11 is 0. The zero-order valence-corrected chi connectivity index (χ0v) is 9.72. The number of hydrogen-bond acceptors (Lipinski definition) is 4. The summed E-state index contributed by atoms with van der Waals surface area (Å²) in [6.45, 7) is 1.46. The van der Waals surface area contributed by atoms with E-state index in [0.29, 0.717) is 6.42 Å². The molecular weight excluding hydrogens is 222 g/mol. The molecule has 0 aromatic heterocycles. The highest BCUT2D eigenvalue weighted by Crippen LogP contribution is 2.37. The fourth-order valence-corrected chi connectivity index (χ4v) is 2.08. The molecule has 94 valence electrons. The second-order valence-corrected chi connectivity index (χ2v) is 4.56. The molecule has 2 atom stereocenters. The molecule has 0 bridgehead atoms. The average molecular weight is 239 g/mol. The summed E-state index contributed by atoms with van der Waals surface area (Å²) in [5.41, 5.74) is 4.93. The Labute approximate surface area is 99.6 Å². The van der Waals surface area contributed by atoms with E-state index >= 15 is 0 Å². The molecule has 0 spiro atoms. The van der Waals surface area contributed by atoms with Gasteiger partial charge in [0.05, 0.1) is 0 Å². The zero-order chi connectivity index (χ0) is 13.1. The standard InChI is InChI=1S/C12H17NO4/c1-8(14)6-12(7-10(13)11(16)17)4-2-9(15)3-5-12/h2-4,10,15H,5-7,13H2,1H3,(H,16,17)/t10-,12?/m0/s1. The van der Waals surface area contributed by atoms with Crippen molar-refractivity contribution >= 4 is 11.8 Å². The van der Waals surface area contributed by atoms with Crippen LogP contribution in [0.4, 0.5) is 0 Å². The van der Waals surface area contributed by atoms with E-state index in [-0.39, 0.29) is 24.4 Å². The number of ketones is 1. The number of carbonyl (C=O) groups excluding carboxylic acids is 1. The first kappa shape index (κ1) is 13.4. The number of carboxylic acids is 1. The molecule has 0 aromatic rings. The third-order valence-corrected chi connectivity index (χ3v) is 2.87. The summed E-state index contributed by atoms with van der Waals surface area (Å²) < 4.78 is 0. The molecule has 5 nitrogen and oxygen atoms in total. The third kappa shape index (κ3) is 3.71. The van der Waals surface area contributed by atoms with Gasteiger partial charge in [-0.3, -0.25) is 9.59 Å². The normalized spacial score (nSPS) is 25.2. The van der Waals surface area contributed by atoms with Gasteiger partial charge in [0.1, 0.15) is 17.6 Å². The maximum atomic E-state index is 11.2. The molecule has 0 aromatic carbocycles. The first-order valence-corrected chi connectivity index (χ1v) is 5.41. The molecule has 1 rings (SSSR count). The van der Waals surface area contributed by atoms with Crippen LogP contribution < -0.4 is 5.73 Å². The molecule has 0 fully saturated rings. The largest absolute Gasteiger partial charge is 0.508 e. The van der Waals surface area contributed by atoms with Crippen LogP contribution in [0.2, 0.25) is 0 Å². The van der Waals surface area contributed by atoms with Gasteiger partial charge in [0, 0.05) is 11.8 Å². The molecule has 0 saturated carbocycles. The lowest BCUT2D eigenvalue weighted by molar-refractivity contribution is -0.139. The van der Waals surface area contributed by atoms with Crippen molar-refractivity contribution in [2.45, 2.75) is 32.2 Å². The molecular formula is C12H17NO4. The molecule has 4 N–H and O–H groups in total. The second kappa shape index (κ2) is 5.14. The van der Waals surface area contributed by atoms with E-state index < -0.39 is 17.4 Å². The highest BCUT2D eigenvalue weighted by molar-refractivity contribution is 5.77. The van der Waals surface area contributed by atoms with Gasteiger partial charge in [-0.15, -0.1) is 0 Å². The number of Topliss-reactive ketones (excluding diaryl/α,β-unsaturated/α-hetero) is 1. The van der Waals surface area contributed by atoms with Crippen molar-refractivity contribution in [2.75, 3.05) is 0 Å². The summed E-state index contributed by atoms with van der Waals surface area (Å²) in [4.78, 5) is 22.0. The van der Waals surface area contributed by atoms with Crippen LogP contribution in [0.3, 0.4) is 0 Å². The highest BCUT2D eigenvalue weighted by atomic mass is 16.4. The van der Waals surface area contributed by atoms with E-state index in [2.05, 4.69) is 0 Å². The van der Waals surface area contributed by atoms with Crippen LogP contribution in [0.25, 0.3) is 0 Å². The lowest BCUT2D eigenvalue weighted by Crippen LogP contribution is -2.37. The number of nitrogens with two attached hydrogens (primary N) is 1. The Kier molecular flexibility index (Phi) is 4.07. The second-order valence-electron chi connectivity index (χ2n) is 4.56. The number of allylic oxidation sites excluding steroid dienone is 3. The van der Waals surface area contributed by atoms with Crippen molar-refractivity contribution in [1.82, 2.24) is 0 Å². The van der Waals surface area contributed by atoms with Gasteiger partial charge in [-0.05, 0) is 31.9 Å². The summed E-state index contributed by atoms with van der Waals surface area (Å²) in [7, 11) is 0. The van der Waals surface area contributed by atoms with E-state index in [1.54, 1.807) is 12.2 Å². The Morgan fingerprint density at radius 2 is 2.24 bits per heavy atom. The molecule has 5 heteroatoms. The monoisotopic (exact) mass is 239 g/mol. The van der Waals surface area contributed by atoms with Gasteiger partial charge in [-0.1, -0.05) is 6.08 Å². The summed E-state index contributed by atoms with van der Waals surface area (Å²) in [6, 6.07) is -1.01. The first-order valence-electron chi connectivity index (χ1n) is 5.41. The van der Waals surface area contributed by atoms with Crippen molar-refractivity contribution in [3.63, 3.8) is 0 Å². The molecule has 1 aliphatic carbocycles. The minimum atomic E-state index is -1.08. The van der Waals surface area contributed by atoms with Crippen molar-refractivity contribution in [2.24, 2.45) is 11.1 Å². The molecule has 17 heavy (non-hydrogen) atoms. The van der Waals surface area contributed by atoms with E-state index in [9.17, 15) is 14.7 Å². The fourth-order valence-electron chi connectivity index (χ4n) is 2.08. The van der Waals surface area contributed by atoms with Gasteiger partial charge in [0.15, 0.2) is 0 Å². The fraction of sp³-hybridized carbons (Fsp3) is 0.500. The van der Waals surface area contributed by atoms with E-state index in [4.69, 9.17) is 10.8 Å². The Hall–Kier alpha value is -1.62. The topological polar surface area (TPSA) is 101 Å². The summed E-state index contributed by atoms with van der Waals surface area (Å²) in [5.74, 6) is -0.977. The Bertz CT molecular complexity index is 386. The number of aliphatic hydroxyl groups excluding tert-OH is 1. The van der Waals surface area contributed by atoms with Crippen molar-refractivity contribution in [1.29, 1.82) is 0 Å². The van der Waals surface area contributed by atoms with Crippen LogP contribution in [-0.2, 0) is 9.59 Å². The van der Waals surface area contributed by atoms with Gasteiger partial charge < -0.3 is 15.9 Å². The van der Waals surface area contributed by atoms with Crippen molar-refractivity contribution < 1.29 is 19.8 Å². The van der Waals surface area contributed by atoms with E-state index in [1.165, 1.54) is 13.0 Å². The molecule has 1 unspecified atom stereocenters. The Morgan fingerprint density at radius 3 is 2.65 bits per heavy atom. The lowest BCUT2D eigenvalue weighted by Gasteiger charge is -2.32. The smallest absolute Gasteiger partial charge is 0.320 e. The van der Waals surface area contributed by atoms with Gasteiger partial charge in [-0.2, -0.15) is 0 Å². The van der Waals surface area contributed by atoms with Crippen molar-refractivity contribution in [3.05, 3.63) is 24.0 Å². The van der Waals surface area contributed by atoms with Crippen LogP contribution in [0, 0.1) is 5.41 Å². The number of rotatable bonds is 5. The molecule has 0 radical (unpaired) electrons. The number of aliphatic hydroxyl groups is 1. The molecule has 0 saturated heterocycles. The predicted molar refractivity (Wildman–Crippen MR) is 62.4 cm³/mol. The number of aliphatic carboxylic acids is 1. The van der Waals surface area contributed by atoms with E-state index in [0.717, 1.165) is 0 Å². The molecule has 0 heterocycles. The van der Waals surface area contributed by atoms with Gasteiger partial charge in [-0.25, -0.2) is 0 Å². The summed E-state index contributed by atoms with van der Waals surface area (Å²) in [5, 5.41) is 18.1. The maximum Gasteiger partial charge on any atom is 0.320 e. The molecule has 0 aliphatic heterocycles. The maximum absolute atomic E-state index is 11.2. The van der Waals surface area contributed by atoms with Crippen LogP contribution >= 0.6 is 0 Å². The van der Waals surface area contributed by atoms with Gasteiger partial charge >= 0.3 is 5.97 Å². The minimum absolute atomic E-state index is 0.0259. The Morgan fingerprint density at radius 1 is 1.59 bits per heavy atom. The van der Waals surface area contributed by atoms with Crippen LogP contribution in [0.1, 0.15) is 26.2 Å². The molecule has 1 aliphatic rings. The zero-order valence-electron chi connectivity index (χ0n) is 9.72. The number of carboxylic acid groups (broad SMARTS) is 1. The van der Waals surface area contributed by atoms with Crippen LogP contribution in [0.5, 0.6) is 0 Å². The SMILES string of the molecule is CC(=O)CC1(C[C@H](N)C(=O)O)C=CC(O)=CC1. The van der Waals surface area contributed by atoms with Gasteiger partial charge in [0.25, 0.3) is 0 Å². The third-order valence-electron chi connectivity index (χ3n) is 2.87. The number of carbonyl (C=O) groups is 2. The lowest BCUT2D eigenvalue weighted by atomic mass is 9.73. The minimum Gasteiger partial charge on any atom is -0.508 e. The summed E-state index contributed by atoms with van der Waals surface area (Å²) in [6.07, 6.45) is 5.59.